The number of aliphatic hydroxyl groups excluding tert-OH is 1. The van der Waals surface area contributed by atoms with Crippen molar-refractivity contribution >= 4 is 5.97 Å². The lowest BCUT2D eigenvalue weighted by Gasteiger charge is -2.12. The number of benzene rings is 1. The van der Waals surface area contributed by atoms with Gasteiger partial charge in [-0.05, 0) is 0 Å². The van der Waals surface area contributed by atoms with Gasteiger partial charge in [-0.15, -0.1) is 0 Å². The summed E-state index contributed by atoms with van der Waals surface area (Å²) in [6, 6.07) is 0.564. The highest BCUT2D eigenvalue weighted by Gasteiger charge is 2.31. The van der Waals surface area contributed by atoms with E-state index in [9.17, 15) is 18.7 Å². The first-order chi connectivity index (χ1) is 7.52. The van der Waals surface area contributed by atoms with E-state index in [1.807, 2.05) is 0 Å². The molecule has 0 radical (unpaired) electrons. The maximum absolute atomic E-state index is 13.4. The molecular weight excluding hydrogens is 222 g/mol. The lowest BCUT2D eigenvalue weighted by atomic mass is 10.0. The first kappa shape index (κ1) is 10.8. The van der Waals surface area contributed by atoms with E-state index >= 15 is 0 Å². The summed E-state index contributed by atoms with van der Waals surface area (Å²) in [5, 5.41) is 17.9. The molecule has 1 aromatic carbocycles. The molecule has 2 N–H and O–H groups in total. The Labute approximate surface area is 89.1 Å². The third-order valence-corrected chi connectivity index (χ3v) is 2.42. The molecule has 1 aliphatic rings. The smallest absolute Gasteiger partial charge is 0.337 e. The van der Waals surface area contributed by atoms with Gasteiger partial charge in [0.1, 0.15) is 17.4 Å². The van der Waals surface area contributed by atoms with Gasteiger partial charge in [0.25, 0.3) is 0 Å². The van der Waals surface area contributed by atoms with E-state index in [4.69, 9.17) is 9.84 Å². The number of ether oxygens (including phenoxy) is 1. The number of carboxylic acids is 1. The van der Waals surface area contributed by atoms with Gasteiger partial charge in [0.05, 0.1) is 12.2 Å². The van der Waals surface area contributed by atoms with Crippen LogP contribution in [-0.2, 0) is 11.2 Å². The Balaban J connectivity index is 2.61. The molecule has 0 amide bonds. The van der Waals surface area contributed by atoms with E-state index < -0.39 is 29.3 Å². The minimum atomic E-state index is -2.05. The van der Waals surface area contributed by atoms with E-state index in [1.165, 1.54) is 0 Å². The molecule has 6 heteroatoms. The molecule has 0 fully saturated rings. The SMILES string of the molecule is O=C(O)C(O)c1c(F)cc(F)c2c1OCC2. The van der Waals surface area contributed by atoms with Crippen molar-refractivity contribution in [1.82, 2.24) is 0 Å². The van der Waals surface area contributed by atoms with Gasteiger partial charge in [-0.2, -0.15) is 0 Å². The molecule has 86 valence electrons. The van der Waals surface area contributed by atoms with Crippen LogP contribution in [0.4, 0.5) is 8.78 Å². The summed E-state index contributed by atoms with van der Waals surface area (Å²) in [5.41, 5.74) is -0.405. The maximum Gasteiger partial charge on any atom is 0.337 e. The minimum absolute atomic E-state index is 0.108. The van der Waals surface area contributed by atoms with Gasteiger partial charge in [0.15, 0.2) is 6.10 Å². The van der Waals surface area contributed by atoms with Crippen LogP contribution in [0.3, 0.4) is 0 Å². The van der Waals surface area contributed by atoms with Crippen molar-refractivity contribution in [3.05, 3.63) is 28.8 Å². The van der Waals surface area contributed by atoms with Gasteiger partial charge in [-0.25, -0.2) is 13.6 Å². The van der Waals surface area contributed by atoms with Crippen molar-refractivity contribution in [2.24, 2.45) is 0 Å². The van der Waals surface area contributed by atoms with Crippen LogP contribution in [0.1, 0.15) is 17.2 Å². The van der Waals surface area contributed by atoms with Crippen molar-refractivity contribution in [1.29, 1.82) is 0 Å². The number of halogens is 2. The van der Waals surface area contributed by atoms with Crippen LogP contribution in [0.2, 0.25) is 0 Å². The Morgan fingerprint density at radius 3 is 2.75 bits per heavy atom. The fourth-order valence-corrected chi connectivity index (χ4v) is 1.69. The maximum atomic E-state index is 13.4. The highest BCUT2D eigenvalue weighted by atomic mass is 19.1. The zero-order chi connectivity index (χ0) is 11.9. The molecule has 1 heterocycles. The van der Waals surface area contributed by atoms with Crippen molar-refractivity contribution in [2.75, 3.05) is 6.61 Å². The fraction of sp³-hybridized carbons (Fsp3) is 0.300. The van der Waals surface area contributed by atoms with Crippen LogP contribution >= 0.6 is 0 Å². The summed E-state index contributed by atoms with van der Waals surface area (Å²) < 4.78 is 31.6. The molecule has 1 aliphatic heterocycles. The standard InChI is InChI=1S/C10H8F2O4/c11-5-3-6(12)7(8(13)10(14)15)9-4(5)1-2-16-9/h3,8,13H,1-2H2,(H,14,15). The summed E-state index contributed by atoms with van der Waals surface area (Å²) in [6.07, 6.45) is -1.81. The summed E-state index contributed by atoms with van der Waals surface area (Å²) in [6.45, 7) is 0.148. The Morgan fingerprint density at radius 1 is 1.44 bits per heavy atom. The zero-order valence-electron chi connectivity index (χ0n) is 8.04. The number of hydrogen-bond acceptors (Lipinski definition) is 3. The van der Waals surface area contributed by atoms with Crippen LogP contribution in [0.5, 0.6) is 5.75 Å². The van der Waals surface area contributed by atoms with E-state index in [-0.39, 0.29) is 24.3 Å². The molecule has 1 aromatic rings. The van der Waals surface area contributed by atoms with Gasteiger partial charge >= 0.3 is 5.97 Å². The van der Waals surface area contributed by atoms with Gasteiger partial charge in [0, 0.05) is 18.1 Å². The molecule has 4 nitrogen and oxygen atoms in total. The van der Waals surface area contributed by atoms with Gasteiger partial charge in [-0.1, -0.05) is 0 Å². The molecule has 0 bridgehead atoms. The number of rotatable bonds is 2. The lowest BCUT2D eigenvalue weighted by molar-refractivity contribution is -0.147. The minimum Gasteiger partial charge on any atom is -0.492 e. The van der Waals surface area contributed by atoms with Crippen LogP contribution < -0.4 is 4.74 Å². The lowest BCUT2D eigenvalue weighted by Crippen LogP contribution is -2.14. The Bertz CT molecular complexity index is 459. The summed E-state index contributed by atoms with van der Waals surface area (Å²) in [7, 11) is 0. The summed E-state index contributed by atoms with van der Waals surface area (Å²) >= 11 is 0. The molecule has 0 spiro atoms. The van der Waals surface area contributed by atoms with Gasteiger partial charge < -0.3 is 14.9 Å². The van der Waals surface area contributed by atoms with Crippen LogP contribution in [-0.4, -0.2) is 22.8 Å². The van der Waals surface area contributed by atoms with Crippen LogP contribution in [0.25, 0.3) is 0 Å². The first-order valence-electron chi connectivity index (χ1n) is 4.56. The third-order valence-electron chi connectivity index (χ3n) is 2.42. The second kappa shape index (κ2) is 3.71. The Hall–Kier alpha value is -1.69. The molecular formula is C10H8F2O4. The molecule has 0 saturated carbocycles. The quantitative estimate of drug-likeness (QED) is 0.795. The topological polar surface area (TPSA) is 66.8 Å². The van der Waals surface area contributed by atoms with Crippen LogP contribution in [0, 0.1) is 11.6 Å². The number of carbonyl (C=O) groups is 1. The highest BCUT2D eigenvalue weighted by Crippen LogP contribution is 2.37. The molecule has 0 aliphatic carbocycles. The third kappa shape index (κ3) is 1.51. The second-order valence-corrected chi connectivity index (χ2v) is 3.40. The number of aliphatic hydroxyl groups is 1. The number of carboxylic acid groups (broad SMARTS) is 1. The predicted molar refractivity (Wildman–Crippen MR) is 48.2 cm³/mol. The Morgan fingerprint density at radius 2 is 2.12 bits per heavy atom. The summed E-state index contributed by atoms with van der Waals surface area (Å²) in [5.74, 6) is -3.70. The normalized spacial score (nSPS) is 15.4. The van der Waals surface area contributed by atoms with Crippen molar-refractivity contribution in [3.8, 4) is 5.75 Å². The van der Waals surface area contributed by atoms with Gasteiger partial charge in [0.2, 0.25) is 0 Å². The monoisotopic (exact) mass is 230 g/mol. The average Bonchev–Trinajstić information content (AvgIpc) is 2.66. The molecule has 0 saturated heterocycles. The zero-order valence-corrected chi connectivity index (χ0v) is 8.04. The summed E-state index contributed by atoms with van der Waals surface area (Å²) in [4.78, 5) is 10.6. The molecule has 0 aromatic heterocycles. The molecule has 1 unspecified atom stereocenters. The number of hydrogen-bond donors (Lipinski definition) is 2. The molecule has 1 atom stereocenters. The van der Waals surface area contributed by atoms with E-state index in [0.717, 1.165) is 0 Å². The van der Waals surface area contributed by atoms with Crippen molar-refractivity contribution < 1.29 is 28.5 Å². The van der Waals surface area contributed by atoms with Crippen molar-refractivity contribution in [2.45, 2.75) is 12.5 Å². The number of aliphatic carboxylic acids is 1. The second-order valence-electron chi connectivity index (χ2n) is 3.40. The van der Waals surface area contributed by atoms with E-state index in [2.05, 4.69) is 0 Å². The number of fused-ring (bicyclic) bond motifs is 1. The van der Waals surface area contributed by atoms with Crippen LogP contribution in [0.15, 0.2) is 6.07 Å². The largest absolute Gasteiger partial charge is 0.492 e. The first-order valence-corrected chi connectivity index (χ1v) is 4.56. The highest BCUT2D eigenvalue weighted by molar-refractivity contribution is 5.75. The molecule has 16 heavy (non-hydrogen) atoms. The van der Waals surface area contributed by atoms with Gasteiger partial charge in [-0.3, -0.25) is 0 Å². The fourth-order valence-electron chi connectivity index (χ4n) is 1.69. The van der Waals surface area contributed by atoms with E-state index in [1.54, 1.807) is 0 Å². The van der Waals surface area contributed by atoms with E-state index in [0.29, 0.717) is 6.07 Å². The molecule has 2 rings (SSSR count). The average molecular weight is 230 g/mol. The Kier molecular flexibility index (Phi) is 2.51. The van der Waals surface area contributed by atoms with Crippen molar-refractivity contribution in [3.63, 3.8) is 0 Å². The predicted octanol–water partition coefficient (Wildman–Crippen LogP) is 1.02.